The van der Waals surface area contributed by atoms with Crippen LogP contribution in [-0.2, 0) is 11.2 Å². The summed E-state index contributed by atoms with van der Waals surface area (Å²) in [5.74, 6) is 0.636. The molecule has 3 heteroatoms. The van der Waals surface area contributed by atoms with Crippen LogP contribution in [0.3, 0.4) is 0 Å². The third-order valence-corrected chi connectivity index (χ3v) is 3.93. The van der Waals surface area contributed by atoms with Gasteiger partial charge in [0.25, 0.3) is 0 Å². The number of aryl methyl sites for hydroxylation is 1. The Morgan fingerprint density at radius 2 is 1.52 bits per heavy atom. The quantitative estimate of drug-likeness (QED) is 0.258. The van der Waals surface area contributed by atoms with Crippen molar-refractivity contribution in [3.63, 3.8) is 0 Å². The first-order valence-electron chi connectivity index (χ1n) is 9.20. The van der Waals surface area contributed by atoms with Crippen LogP contribution >= 0.6 is 0 Å². The maximum atomic E-state index is 11.8. The van der Waals surface area contributed by atoms with Crippen molar-refractivity contribution in [1.29, 1.82) is 0 Å². The molecule has 1 aromatic carbocycles. The van der Waals surface area contributed by atoms with Gasteiger partial charge in [0.1, 0.15) is 5.75 Å². The first kappa shape index (κ1) is 19.5. The molecule has 0 spiro atoms. The van der Waals surface area contributed by atoms with Crippen LogP contribution in [0.15, 0.2) is 24.3 Å². The van der Waals surface area contributed by atoms with E-state index in [1.54, 1.807) is 0 Å². The lowest BCUT2D eigenvalue weighted by Gasteiger charge is -2.10. The molecule has 0 aliphatic heterocycles. The highest BCUT2D eigenvalue weighted by atomic mass is 16.7. The Bertz CT molecular complexity index is 429. The summed E-state index contributed by atoms with van der Waals surface area (Å²) in [4.78, 5) is 11.8. The molecule has 1 aromatic rings. The molecular formula is C20H32O3. The van der Waals surface area contributed by atoms with Gasteiger partial charge in [-0.1, -0.05) is 77.0 Å². The van der Waals surface area contributed by atoms with Crippen molar-refractivity contribution in [2.45, 2.75) is 78.1 Å². The number of unbranched alkanes of at least 4 members (excludes halogenated alkanes) is 7. The summed E-state index contributed by atoms with van der Waals surface area (Å²) in [7, 11) is 0. The summed E-state index contributed by atoms with van der Waals surface area (Å²) in [5.41, 5.74) is 1.08. The van der Waals surface area contributed by atoms with E-state index in [1.165, 1.54) is 38.5 Å². The van der Waals surface area contributed by atoms with Crippen molar-refractivity contribution >= 4 is 6.16 Å². The zero-order chi connectivity index (χ0) is 16.8. The second-order valence-electron chi connectivity index (χ2n) is 6.03. The molecule has 0 amide bonds. The average Bonchev–Trinajstić information content (AvgIpc) is 2.56. The first-order chi connectivity index (χ1) is 11.3. The fourth-order valence-electron chi connectivity index (χ4n) is 2.53. The minimum Gasteiger partial charge on any atom is -0.434 e. The van der Waals surface area contributed by atoms with Crippen molar-refractivity contribution in [2.75, 3.05) is 6.61 Å². The molecular weight excluding hydrogens is 288 g/mol. The second-order valence-corrected chi connectivity index (χ2v) is 6.03. The molecule has 0 bridgehead atoms. The van der Waals surface area contributed by atoms with E-state index in [0.29, 0.717) is 12.4 Å². The van der Waals surface area contributed by atoms with E-state index < -0.39 is 6.16 Å². The smallest absolute Gasteiger partial charge is 0.434 e. The van der Waals surface area contributed by atoms with Gasteiger partial charge in [0.2, 0.25) is 0 Å². The highest BCUT2D eigenvalue weighted by Crippen LogP contribution is 2.21. The molecule has 0 saturated heterocycles. The Morgan fingerprint density at radius 3 is 2.30 bits per heavy atom. The molecule has 23 heavy (non-hydrogen) atoms. The number of carbonyl (C=O) groups is 1. The standard InChI is InChI=1S/C20H32O3/c1-3-5-7-8-9-13-17-22-20(21)23-19-16-12-11-15-18(19)14-10-6-4-2/h11-12,15-16H,3-10,13-14,17H2,1-2H3. The minimum atomic E-state index is -0.582. The number of benzene rings is 1. The second kappa shape index (κ2) is 13.0. The van der Waals surface area contributed by atoms with Crippen LogP contribution in [0.5, 0.6) is 5.75 Å². The van der Waals surface area contributed by atoms with Crippen molar-refractivity contribution in [3.05, 3.63) is 29.8 Å². The Morgan fingerprint density at radius 1 is 0.870 bits per heavy atom. The Labute approximate surface area is 141 Å². The van der Waals surface area contributed by atoms with Gasteiger partial charge in [0, 0.05) is 0 Å². The van der Waals surface area contributed by atoms with Gasteiger partial charge in [-0.15, -0.1) is 0 Å². The third kappa shape index (κ3) is 9.27. The number of hydrogen-bond acceptors (Lipinski definition) is 3. The molecule has 0 aliphatic carbocycles. The number of para-hydroxylation sites is 1. The van der Waals surface area contributed by atoms with Gasteiger partial charge in [0.05, 0.1) is 6.61 Å². The molecule has 0 atom stereocenters. The van der Waals surface area contributed by atoms with Crippen molar-refractivity contribution < 1.29 is 14.3 Å². The number of rotatable bonds is 12. The van der Waals surface area contributed by atoms with Crippen LogP contribution in [0, 0.1) is 0 Å². The topological polar surface area (TPSA) is 35.5 Å². The number of carbonyl (C=O) groups excluding carboxylic acids is 1. The monoisotopic (exact) mass is 320 g/mol. The van der Waals surface area contributed by atoms with Crippen molar-refractivity contribution in [1.82, 2.24) is 0 Å². The summed E-state index contributed by atoms with van der Waals surface area (Å²) < 4.78 is 10.5. The predicted molar refractivity (Wildman–Crippen MR) is 95.0 cm³/mol. The molecule has 0 aliphatic rings. The molecule has 3 nitrogen and oxygen atoms in total. The fourth-order valence-corrected chi connectivity index (χ4v) is 2.53. The Hall–Kier alpha value is -1.51. The molecule has 1 rings (SSSR count). The highest BCUT2D eigenvalue weighted by Gasteiger charge is 2.09. The number of hydrogen-bond donors (Lipinski definition) is 0. The molecule has 0 fully saturated rings. The van der Waals surface area contributed by atoms with Gasteiger partial charge in [-0.25, -0.2) is 4.79 Å². The normalized spacial score (nSPS) is 10.5. The molecule has 0 saturated carbocycles. The number of ether oxygens (including phenoxy) is 2. The van der Waals surface area contributed by atoms with Gasteiger partial charge < -0.3 is 9.47 Å². The Balaban J connectivity index is 2.25. The van der Waals surface area contributed by atoms with Crippen LogP contribution in [0.2, 0.25) is 0 Å². The van der Waals surface area contributed by atoms with Crippen molar-refractivity contribution in [2.24, 2.45) is 0 Å². The van der Waals surface area contributed by atoms with E-state index in [4.69, 9.17) is 9.47 Å². The summed E-state index contributed by atoms with van der Waals surface area (Å²) in [5, 5.41) is 0. The largest absolute Gasteiger partial charge is 0.513 e. The van der Waals surface area contributed by atoms with E-state index in [-0.39, 0.29) is 0 Å². The zero-order valence-corrected chi connectivity index (χ0v) is 14.8. The van der Waals surface area contributed by atoms with E-state index in [0.717, 1.165) is 31.2 Å². The van der Waals surface area contributed by atoms with Gasteiger partial charge >= 0.3 is 6.16 Å². The van der Waals surface area contributed by atoms with E-state index in [1.807, 2.05) is 24.3 Å². The molecule has 0 aromatic heterocycles. The SMILES string of the molecule is CCCCCCCCOC(=O)Oc1ccccc1CCCCC. The summed E-state index contributed by atoms with van der Waals surface area (Å²) in [6, 6.07) is 7.73. The van der Waals surface area contributed by atoms with Gasteiger partial charge in [-0.2, -0.15) is 0 Å². The van der Waals surface area contributed by atoms with Crippen molar-refractivity contribution in [3.8, 4) is 5.75 Å². The lowest BCUT2D eigenvalue weighted by atomic mass is 10.1. The lowest BCUT2D eigenvalue weighted by Crippen LogP contribution is -2.12. The van der Waals surface area contributed by atoms with E-state index in [2.05, 4.69) is 13.8 Å². The molecule has 0 heterocycles. The predicted octanol–water partition coefficient (Wildman–Crippen LogP) is 6.30. The van der Waals surface area contributed by atoms with E-state index >= 15 is 0 Å². The van der Waals surface area contributed by atoms with Crippen LogP contribution in [0.1, 0.15) is 77.2 Å². The van der Waals surface area contributed by atoms with Gasteiger partial charge in [0.15, 0.2) is 0 Å². The maximum absolute atomic E-state index is 11.8. The molecule has 130 valence electrons. The summed E-state index contributed by atoms with van der Waals surface area (Å²) in [6.45, 7) is 4.84. The Kier molecular flexibility index (Phi) is 11.0. The summed E-state index contributed by atoms with van der Waals surface area (Å²) >= 11 is 0. The van der Waals surface area contributed by atoms with Crippen LogP contribution < -0.4 is 4.74 Å². The summed E-state index contributed by atoms with van der Waals surface area (Å²) in [6.07, 6.45) is 10.9. The van der Waals surface area contributed by atoms with Crippen LogP contribution in [0.25, 0.3) is 0 Å². The fraction of sp³-hybridized carbons (Fsp3) is 0.650. The minimum absolute atomic E-state index is 0.447. The van der Waals surface area contributed by atoms with Crippen LogP contribution in [0.4, 0.5) is 4.79 Å². The average molecular weight is 320 g/mol. The van der Waals surface area contributed by atoms with Gasteiger partial charge in [-0.05, 0) is 30.9 Å². The van der Waals surface area contributed by atoms with Crippen LogP contribution in [-0.4, -0.2) is 12.8 Å². The van der Waals surface area contributed by atoms with Gasteiger partial charge in [-0.3, -0.25) is 0 Å². The molecule has 0 N–H and O–H groups in total. The van der Waals surface area contributed by atoms with E-state index in [9.17, 15) is 4.79 Å². The lowest BCUT2D eigenvalue weighted by molar-refractivity contribution is 0.0969. The molecule has 0 unspecified atom stereocenters. The third-order valence-electron chi connectivity index (χ3n) is 3.93. The maximum Gasteiger partial charge on any atom is 0.513 e. The molecule has 0 radical (unpaired) electrons. The zero-order valence-electron chi connectivity index (χ0n) is 14.8. The highest BCUT2D eigenvalue weighted by molar-refractivity contribution is 5.64. The first-order valence-corrected chi connectivity index (χ1v) is 9.20.